The lowest BCUT2D eigenvalue weighted by Gasteiger charge is -2.25. The first kappa shape index (κ1) is 19.5. The molecule has 0 aromatic carbocycles. The number of carbonyl (C=O) groups excluding carboxylic acids is 2. The molecule has 0 aromatic rings. The monoisotopic (exact) mass is 326 g/mol. The summed E-state index contributed by atoms with van der Waals surface area (Å²) < 4.78 is 0. The molecular weight excluding hydrogens is 296 g/mol. The molecule has 1 rings (SSSR count). The van der Waals surface area contributed by atoms with Crippen molar-refractivity contribution in [2.45, 2.75) is 58.8 Å². The maximum Gasteiger partial charge on any atom is 0.305 e. The van der Waals surface area contributed by atoms with E-state index in [0.717, 1.165) is 12.8 Å². The molecule has 1 aliphatic carbocycles. The second-order valence-electron chi connectivity index (χ2n) is 6.86. The number of carboxylic acids is 1. The first-order chi connectivity index (χ1) is 10.9. The molecule has 0 heterocycles. The Bertz CT molecular complexity index is 403. The van der Waals surface area contributed by atoms with Gasteiger partial charge < -0.3 is 15.3 Å². The first-order valence-electron chi connectivity index (χ1n) is 8.64. The number of amides is 2. The van der Waals surface area contributed by atoms with Crippen LogP contribution in [0.4, 0.5) is 0 Å². The molecule has 2 amide bonds. The largest absolute Gasteiger partial charge is 0.481 e. The summed E-state index contributed by atoms with van der Waals surface area (Å²) in [6, 6.07) is 0. The van der Waals surface area contributed by atoms with Gasteiger partial charge in [-0.1, -0.05) is 33.1 Å². The third-order valence-corrected chi connectivity index (χ3v) is 4.17. The lowest BCUT2D eigenvalue weighted by molar-refractivity contribution is -0.139. The minimum absolute atomic E-state index is 0.0438. The van der Waals surface area contributed by atoms with Crippen molar-refractivity contribution in [3.63, 3.8) is 0 Å². The Labute approximate surface area is 138 Å². The van der Waals surface area contributed by atoms with E-state index in [9.17, 15) is 14.4 Å². The fraction of sp³-hybridized carbons (Fsp3) is 0.824. The van der Waals surface area contributed by atoms with Gasteiger partial charge in [-0.05, 0) is 24.7 Å². The Balaban J connectivity index is 2.37. The smallest absolute Gasteiger partial charge is 0.305 e. The summed E-state index contributed by atoms with van der Waals surface area (Å²) in [6.07, 6.45) is 6.24. The van der Waals surface area contributed by atoms with Crippen LogP contribution in [0.2, 0.25) is 0 Å². The molecular formula is C17H30N2O4. The van der Waals surface area contributed by atoms with Crippen LogP contribution in [0, 0.1) is 11.8 Å². The molecule has 0 bridgehead atoms. The van der Waals surface area contributed by atoms with Gasteiger partial charge in [0.2, 0.25) is 11.8 Å². The number of carbonyl (C=O) groups is 3. The van der Waals surface area contributed by atoms with Gasteiger partial charge in [-0.3, -0.25) is 14.4 Å². The minimum Gasteiger partial charge on any atom is -0.481 e. The van der Waals surface area contributed by atoms with Crippen molar-refractivity contribution in [2.24, 2.45) is 11.8 Å². The number of nitrogens with one attached hydrogen (secondary N) is 1. The van der Waals surface area contributed by atoms with Crippen LogP contribution in [0.5, 0.6) is 0 Å². The van der Waals surface area contributed by atoms with Gasteiger partial charge in [-0.25, -0.2) is 0 Å². The van der Waals surface area contributed by atoms with Crippen LogP contribution >= 0.6 is 0 Å². The Morgan fingerprint density at radius 1 is 1.17 bits per heavy atom. The van der Waals surface area contributed by atoms with E-state index < -0.39 is 5.97 Å². The minimum atomic E-state index is -0.923. The summed E-state index contributed by atoms with van der Waals surface area (Å²) in [5, 5.41) is 11.5. The van der Waals surface area contributed by atoms with Gasteiger partial charge in [-0.2, -0.15) is 0 Å². The van der Waals surface area contributed by atoms with Crippen LogP contribution < -0.4 is 5.32 Å². The molecule has 6 heteroatoms. The molecule has 0 atom stereocenters. The Hall–Kier alpha value is -1.59. The number of carboxylic acid groups (broad SMARTS) is 1. The van der Waals surface area contributed by atoms with E-state index in [1.54, 1.807) is 0 Å². The van der Waals surface area contributed by atoms with E-state index in [1.807, 2.05) is 13.8 Å². The second kappa shape index (κ2) is 10.2. The maximum absolute atomic E-state index is 12.2. The third kappa shape index (κ3) is 8.57. The van der Waals surface area contributed by atoms with Crippen molar-refractivity contribution in [2.75, 3.05) is 19.6 Å². The second-order valence-corrected chi connectivity index (χ2v) is 6.86. The van der Waals surface area contributed by atoms with E-state index in [2.05, 4.69) is 5.32 Å². The molecule has 132 valence electrons. The van der Waals surface area contributed by atoms with Crippen molar-refractivity contribution in [1.29, 1.82) is 0 Å². The standard InChI is InChI=1S/C17H30N2O4/c1-13(2)12-19(9-8-17(22)23)16(21)11-18-15(20)10-14-6-4-3-5-7-14/h13-14H,3-12H2,1-2H3,(H,18,20)(H,22,23). The fourth-order valence-electron chi connectivity index (χ4n) is 3.00. The normalized spacial score (nSPS) is 15.4. The number of hydrogen-bond acceptors (Lipinski definition) is 3. The van der Waals surface area contributed by atoms with Crippen molar-refractivity contribution in [3.05, 3.63) is 0 Å². The summed E-state index contributed by atoms with van der Waals surface area (Å²) in [5.41, 5.74) is 0. The SMILES string of the molecule is CC(C)CN(CCC(=O)O)C(=O)CNC(=O)CC1CCCCC1. The number of rotatable bonds is 9. The third-order valence-electron chi connectivity index (χ3n) is 4.17. The molecule has 0 radical (unpaired) electrons. The average molecular weight is 326 g/mol. The zero-order valence-electron chi connectivity index (χ0n) is 14.3. The predicted octanol–water partition coefficient (Wildman–Crippen LogP) is 2.03. The van der Waals surface area contributed by atoms with E-state index in [4.69, 9.17) is 5.11 Å². The van der Waals surface area contributed by atoms with Gasteiger partial charge in [0, 0.05) is 19.5 Å². The van der Waals surface area contributed by atoms with Crippen LogP contribution in [-0.4, -0.2) is 47.4 Å². The molecule has 0 spiro atoms. The molecule has 2 N–H and O–H groups in total. The highest BCUT2D eigenvalue weighted by molar-refractivity contribution is 5.85. The number of aliphatic carboxylic acids is 1. The Morgan fingerprint density at radius 3 is 2.39 bits per heavy atom. The van der Waals surface area contributed by atoms with Crippen LogP contribution in [0.3, 0.4) is 0 Å². The highest BCUT2D eigenvalue weighted by Gasteiger charge is 2.19. The van der Waals surface area contributed by atoms with Crippen LogP contribution in [0.15, 0.2) is 0 Å². The molecule has 0 aliphatic heterocycles. The van der Waals surface area contributed by atoms with Crippen molar-refractivity contribution < 1.29 is 19.5 Å². The van der Waals surface area contributed by atoms with E-state index >= 15 is 0 Å². The van der Waals surface area contributed by atoms with Gasteiger partial charge in [0.25, 0.3) is 0 Å². The summed E-state index contributed by atoms with van der Waals surface area (Å²) in [6.45, 7) is 4.60. The molecule has 6 nitrogen and oxygen atoms in total. The fourth-order valence-corrected chi connectivity index (χ4v) is 3.00. The number of hydrogen-bond donors (Lipinski definition) is 2. The topological polar surface area (TPSA) is 86.7 Å². The quantitative estimate of drug-likeness (QED) is 0.679. The van der Waals surface area contributed by atoms with Crippen molar-refractivity contribution in [1.82, 2.24) is 10.2 Å². The molecule has 1 saturated carbocycles. The first-order valence-corrected chi connectivity index (χ1v) is 8.64. The van der Waals surface area contributed by atoms with Crippen LogP contribution in [0.25, 0.3) is 0 Å². The highest BCUT2D eigenvalue weighted by Crippen LogP contribution is 2.25. The zero-order chi connectivity index (χ0) is 17.2. The molecule has 0 aromatic heterocycles. The van der Waals surface area contributed by atoms with E-state index in [0.29, 0.717) is 18.9 Å². The molecule has 1 fully saturated rings. The van der Waals surface area contributed by atoms with Gasteiger partial charge in [-0.15, -0.1) is 0 Å². The lowest BCUT2D eigenvalue weighted by atomic mass is 9.87. The summed E-state index contributed by atoms with van der Waals surface area (Å²) in [7, 11) is 0. The van der Waals surface area contributed by atoms with Gasteiger partial charge in [0.1, 0.15) is 0 Å². The van der Waals surface area contributed by atoms with Crippen LogP contribution in [0.1, 0.15) is 58.8 Å². The van der Waals surface area contributed by atoms with Crippen molar-refractivity contribution >= 4 is 17.8 Å². The number of nitrogens with zero attached hydrogens (tertiary/aromatic N) is 1. The zero-order valence-corrected chi connectivity index (χ0v) is 14.3. The van der Waals surface area contributed by atoms with E-state index in [1.165, 1.54) is 24.2 Å². The Kier molecular flexibility index (Phi) is 8.66. The Morgan fingerprint density at radius 2 is 1.83 bits per heavy atom. The molecule has 0 unspecified atom stereocenters. The van der Waals surface area contributed by atoms with Crippen LogP contribution in [-0.2, 0) is 14.4 Å². The van der Waals surface area contributed by atoms with Gasteiger partial charge >= 0.3 is 5.97 Å². The predicted molar refractivity (Wildman–Crippen MR) is 87.9 cm³/mol. The van der Waals surface area contributed by atoms with Gasteiger partial charge in [0.15, 0.2) is 0 Å². The summed E-state index contributed by atoms with van der Waals surface area (Å²) in [4.78, 5) is 36.4. The summed E-state index contributed by atoms with van der Waals surface area (Å²) in [5.74, 6) is -0.513. The maximum atomic E-state index is 12.2. The van der Waals surface area contributed by atoms with Crippen molar-refractivity contribution in [3.8, 4) is 0 Å². The van der Waals surface area contributed by atoms with Gasteiger partial charge in [0.05, 0.1) is 13.0 Å². The molecule has 0 saturated heterocycles. The molecule has 1 aliphatic rings. The highest BCUT2D eigenvalue weighted by atomic mass is 16.4. The van der Waals surface area contributed by atoms with E-state index in [-0.39, 0.29) is 37.2 Å². The summed E-state index contributed by atoms with van der Waals surface area (Å²) >= 11 is 0. The lowest BCUT2D eigenvalue weighted by Crippen LogP contribution is -2.43. The average Bonchev–Trinajstić information content (AvgIpc) is 2.49. The molecule has 23 heavy (non-hydrogen) atoms.